The molecule has 1 heteroatoms. The molecule has 1 fully saturated rings. The molecular formula is C16H23Cl. The standard InChI is InChI=1S/C16H23Cl/c1-4-12-6-7-13(5-2)15(10-12)16(17)11(3)14-8-9-14/h6-7,10-11,14,16H,4-5,8-9H2,1-3H3. The van der Waals surface area contributed by atoms with Crippen molar-refractivity contribution < 1.29 is 0 Å². The molecular weight excluding hydrogens is 228 g/mol. The fourth-order valence-corrected chi connectivity index (χ4v) is 3.00. The summed E-state index contributed by atoms with van der Waals surface area (Å²) in [4.78, 5) is 0. The highest BCUT2D eigenvalue weighted by Crippen LogP contribution is 2.46. The first-order chi connectivity index (χ1) is 8.17. The predicted octanol–water partition coefficient (Wildman–Crippen LogP) is 5.14. The number of hydrogen-bond acceptors (Lipinski definition) is 0. The molecule has 1 aliphatic rings. The molecule has 1 aromatic carbocycles. The highest BCUT2D eigenvalue weighted by molar-refractivity contribution is 6.21. The van der Waals surface area contributed by atoms with Crippen LogP contribution in [-0.4, -0.2) is 0 Å². The summed E-state index contributed by atoms with van der Waals surface area (Å²) < 4.78 is 0. The molecule has 0 saturated heterocycles. The van der Waals surface area contributed by atoms with Crippen molar-refractivity contribution in [2.45, 2.75) is 51.8 Å². The predicted molar refractivity (Wildman–Crippen MR) is 75.7 cm³/mol. The molecule has 0 bridgehead atoms. The van der Waals surface area contributed by atoms with Crippen molar-refractivity contribution >= 4 is 11.6 Å². The molecule has 94 valence electrons. The molecule has 0 aliphatic heterocycles. The van der Waals surface area contributed by atoms with Crippen molar-refractivity contribution in [2.24, 2.45) is 11.8 Å². The second-order valence-electron chi connectivity index (χ2n) is 5.34. The molecule has 0 nitrogen and oxygen atoms in total. The number of halogens is 1. The van der Waals surface area contributed by atoms with E-state index < -0.39 is 0 Å². The van der Waals surface area contributed by atoms with Gasteiger partial charge in [-0.05, 0) is 54.2 Å². The Morgan fingerprint density at radius 2 is 1.94 bits per heavy atom. The maximum absolute atomic E-state index is 6.70. The van der Waals surface area contributed by atoms with Crippen LogP contribution in [0, 0.1) is 11.8 Å². The smallest absolute Gasteiger partial charge is 0.0616 e. The van der Waals surface area contributed by atoms with Gasteiger partial charge in [0.2, 0.25) is 0 Å². The van der Waals surface area contributed by atoms with Gasteiger partial charge >= 0.3 is 0 Å². The lowest BCUT2D eigenvalue weighted by molar-refractivity contribution is 0.489. The van der Waals surface area contributed by atoms with E-state index in [0.717, 1.165) is 18.8 Å². The van der Waals surface area contributed by atoms with E-state index >= 15 is 0 Å². The Morgan fingerprint density at radius 1 is 1.24 bits per heavy atom. The van der Waals surface area contributed by atoms with Crippen molar-refractivity contribution in [3.63, 3.8) is 0 Å². The van der Waals surface area contributed by atoms with Gasteiger partial charge in [-0.25, -0.2) is 0 Å². The average Bonchev–Trinajstić information content (AvgIpc) is 3.20. The van der Waals surface area contributed by atoms with Gasteiger partial charge in [-0.15, -0.1) is 11.6 Å². The summed E-state index contributed by atoms with van der Waals surface area (Å²) in [5, 5.41) is 0.198. The topological polar surface area (TPSA) is 0 Å². The molecule has 0 aromatic heterocycles. The van der Waals surface area contributed by atoms with E-state index in [1.54, 1.807) is 0 Å². The normalized spacial score (nSPS) is 19.1. The van der Waals surface area contributed by atoms with Crippen LogP contribution in [0.15, 0.2) is 18.2 Å². The number of rotatable bonds is 5. The molecule has 2 atom stereocenters. The molecule has 0 radical (unpaired) electrons. The molecule has 17 heavy (non-hydrogen) atoms. The van der Waals surface area contributed by atoms with Crippen LogP contribution in [0.2, 0.25) is 0 Å². The third-order valence-corrected chi connectivity index (χ3v) is 4.76. The maximum atomic E-state index is 6.70. The number of hydrogen-bond donors (Lipinski definition) is 0. The third kappa shape index (κ3) is 2.85. The zero-order valence-electron chi connectivity index (χ0n) is 11.2. The average molecular weight is 251 g/mol. The maximum Gasteiger partial charge on any atom is 0.0616 e. The van der Waals surface area contributed by atoms with Gasteiger partial charge in [-0.1, -0.05) is 39.0 Å². The van der Waals surface area contributed by atoms with E-state index in [2.05, 4.69) is 39.0 Å². The zero-order valence-corrected chi connectivity index (χ0v) is 11.9. The Balaban J connectivity index is 2.27. The van der Waals surface area contributed by atoms with Gasteiger partial charge in [0.25, 0.3) is 0 Å². The number of aryl methyl sites for hydroxylation is 2. The molecule has 2 unspecified atom stereocenters. The molecule has 2 rings (SSSR count). The lowest BCUT2D eigenvalue weighted by Crippen LogP contribution is -2.09. The van der Waals surface area contributed by atoms with E-state index in [0.29, 0.717) is 5.92 Å². The molecule has 0 amide bonds. The Labute approximate surface area is 110 Å². The summed E-state index contributed by atoms with van der Waals surface area (Å²) >= 11 is 6.70. The molecule has 1 saturated carbocycles. The van der Waals surface area contributed by atoms with E-state index in [-0.39, 0.29) is 5.38 Å². The van der Waals surface area contributed by atoms with Crippen molar-refractivity contribution in [2.75, 3.05) is 0 Å². The second-order valence-corrected chi connectivity index (χ2v) is 5.81. The van der Waals surface area contributed by atoms with Gasteiger partial charge < -0.3 is 0 Å². The van der Waals surface area contributed by atoms with Crippen LogP contribution in [-0.2, 0) is 12.8 Å². The van der Waals surface area contributed by atoms with Crippen molar-refractivity contribution in [3.8, 4) is 0 Å². The van der Waals surface area contributed by atoms with Crippen LogP contribution >= 0.6 is 11.6 Å². The highest BCUT2D eigenvalue weighted by atomic mass is 35.5. The lowest BCUT2D eigenvalue weighted by atomic mass is 9.90. The van der Waals surface area contributed by atoms with Gasteiger partial charge in [-0.2, -0.15) is 0 Å². The van der Waals surface area contributed by atoms with Crippen LogP contribution in [0.25, 0.3) is 0 Å². The molecule has 0 heterocycles. The van der Waals surface area contributed by atoms with E-state index in [9.17, 15) is 0 Å². The highest BCUT2D eigenvalue weighted by Gasteiger charge is 2.33. The first-order valence-electron chi connectivity index (χ1n) is 6.93. The summed E-state index contributed by atoms with van der Waals surface area (Å²) in [6.07, 6.45) is 4.93. The van der Waals surface area contributed by atoms with Crippen molar-refractivity contribution in [1.82, 2.24) is 0 Å². The molecule has 0 spiro atoms. The van der Waals surface area contributed by atoms with Crippen LogP contribution < -0.4 is 0 Å². The van der Waals surface area contributed by atoms with Gasteiger partial charge in [0, 0.05) is 0 Å². The second kappa shape index (κ2) is 5.44. The molecule has 1 aromatic rings. The summed E-state index contributed by atoms with van der Waals surface area (Å²) in [6, 6.07) is 6.84. The van der Waals surface area contributed by atoms with Gasteiger partial charge in [-0.3, -0.25) is 0 Å². The molecule has 0 N–H and O–H groups in total. The van der Waals surface area contributed by atoms with Gasteiger partial charge in [0.05, 0.1) is 5.38 Å². The Hall–Kier alpha value is -0.490. The van der Waals surface area contributed by atoms with Crippen LogP contribution in [0.3, 0.4) is 0 Å². The summed E-state index contributed by atoms with van der Waals surface area (Å²) in [7, 11) is 0. The van der Waals surface area contributed by atoms with Crippen LogP contribution in [0.1, 0.15) is 55.7 Å². The van der Waals surface area contributed by atoms with E-state index in [1.807, 2.05) is 0 Å². The number of alkyl halides is 1. The first kappa shape index (κ1) is 13.0. The monoisotopic (exact) mass is 250 g/mol. The minimum Gasteiger partial charge on any atom is -0.118 e. The van der Waals surface area contributed by atoms with Crippen LogP contribution in [0.5, 0.6) is 0 Å². The van der Waals surface area contributed by atoms with Crippen molar-refractivity contribution in [3.05, 3.63) is 34.9 Å². The fraction of sp³-hybridized carbons (Fsp3) is 0.625. The largest absolute Gasteiger partial charge is 0.118 e. The van der Waals surface area contributed by atoms with Gasteiger partial charge in [0.1, 0.15) is 0 Å². The minimum absolute atomic E-state index is 0.198. The summed E-state index contributed by atoms with van der Waals surface area (Å²) in [5.74, 6) is 1.49. The quantitative estimate of drug-likeness (QED) is 0.635. The van der Waals surface area contributed by atoms with Crippen LogP contribution in [0.4, 0.5) is 0 Å². The first-order valence-corrected chi connectivity index (χ1v) is 7.36. The lowest BCUT2D eigenvalue weighted by Gasteiger charge is -2.21. The summed E-state index contributed by atoms with van der Waals surface area (Å²) in [5.41, 5.74) is 4.22. The Bertz CT molecular complexity index is 379. The molecule has 1 aliphatic carbocycles. The summed E-state index contributed by atoms with van der Waals surface area (Å²) in [6.45, 7) is 6.74. The minimum atomic E-state index is 0.198. The van der Waals surface area contributed by atoms with E-state index in [4.69, 9.17) is 11.6 Å². The fourth-order valence-electron chi connectivity index (χ4n) is 2.59. The van der Waals surface area contributed by atoms with Crippen molar-refractivity contribution in [1.29, 1.82) is 0 Å². The van der Waals surface area contributed by atoms with E-state index in [1.165, 1.54) is 29.5 Å². The van der Waals surface area contributed by atoms with Gasteiger partial charge in [0.15, 0.2) is 0 Å². The Morgan fingerprint density at radius 3 is 2.47 bits per heavy atom. The zero-order chi connectivity index (χ0) is 12.4. The SMILES string of the molecule is CCc1ccc(CC)c(C(Cl)C(C)C2CC2)c1. The Kier molecular flexibility index (Phi) is 4.14. The number of benzene rings is 1. The third-order valence-electron chi connectivity index (χ3n) is 4.12.